The van der Waals surface area contributed by atoms with Gasteiger partial charge >= 0.3 is 5.97 Å². The number of carbonyl (C=O) groups is 1. The maximum absolute atomic E-state index is 11.9. The van der Waals surface area contributed by atoms with Gasteiger partial charge in [0.15, 0.2) is 0 Å². The van der Waals surface area contributed by atoms with Crippen LogP contribution in [-0.4, -0.2) is 17.8 Å². The van der Waals surface area contributed by atoms with Crippen molar-refractivity contribution in [2.75, 3.05) is 0 Å². The van der Waals surface area contributed by atoms with E-state index in [0.717, 1.165) is 29.7 Å². The number of aryl methyl sites for hydroxylation is 1. The topological polar surface area (TPSA) is 47.9 Å². The first-order valence-electron chi connectivity index (χ1n) is 7.75. The molecule has 1 aliphatic rings. The molecule has 0 atom stereocenters. The fraction of sp³-hybridized carbons (Fsp3) is 0.263. The molecular weight excluding hydrogens is 326 g/mol. The highest BCUT2D eigenvalue weighted by molar-refractivity contribution is 6.30. The summed E-state index contributed by atoms with van der Waals surface area (Å²) in [6.45, 7) is 4.17. The number of oxime groups is 1. The summed E-state index contributed by atoms with van der Waals surface area (Å²) < 4.78 is 5.94. The summed E-state index contributed by atoms with van der Waals surface area (Å²) in [5, 5.41) is 4.33. The van der Waals surface area contributed by atoms with E-state index in [4.69, 9.17) is 21.2 Å². The Balaban J connectivity index is 1.65. The molecule has 0 amide bonds. The Morgan fingerprint density at radius 2 is 2.00 bits per heavy atom. The summed E-state index contributed by atoms with van der Waals surface area (Å²) in [4.78, 5) is 16.8. The van der Waals surface area contributed by atoms with Crippen molar-refractivity contribution in [3.8, 4) is 5.75 Å². The Kier molecular flexibility index (Phi) is 4.58. The van der Waals surface area contributed by atoms with E-state index in [2.05, 4.69) is 19.0 Å². The number of fused-ring (bicyclic) bond motifs is 1. The summed E-state index contributed by atoms with van der Waals surface area (Å²) in [7, 11) is 0. The van der Waals surface area contributed by atoms with E-state index in [1.807, 2.05) is 18.2 Å². The lowest BCUT2D eigenvalue weighted by Gasteiger charge is -2.32. The molecule has 0 aromatic heterocycles. The van der Waals surface area contributed by atoms with Gasteiger partial charge in [-0.1, -0.05) is 16.8 Å². The zero-order valence-corrected chi connectivity index (χ0v) is 14.3. The Morgan fingerprint density at radius 1 is 1.25 bits per heavy atom. The van der Waals surface area contributed by atoms with E-state index >= 15 is 0 Å². The molecule has 0 N–H and O–H groups in total. The highest BCUT2D eigenvalue weighted by Gasteiger charge is 2.26. The second-order valence-corrected chi connectivity index (χ2v) is 6.79. The van der Waals surface area contributed by atoms with Gasteiger partial charge < -0.3 is 9.57 Å². The molecule has 1 aliphatic heterocycles. The lowest BCUT2D eigenvalue weighted by molar-refractivity contribution is 0.0519. The zero-order valence-electron chi connectivity index (χ0n) is 13.6. The molecule has 24 heavy (non-hydrogen) atoms. The van der Waals surface area contributed by atoms with Crippen LogP contribution in [0.1, 0.15) is 41.8 Å². The summed E-state index contributed by atoms with van der Waals surface area (Å²) in [6, 6.07) is 12.3. The molecular formula is C19H18ClNO3. The van der Waals surface area contributed by atoms with Crippen molar-refractivity contribution in [3.63, 3.8) is 0 Å². The first-order chi connectivity index (χ1) is 11.4. The van der Waals surface area contributed by atoms with Gasteiger partial charge in [0.2, 0.25) is 0 Å². The minimum atomic E-state index is -0.522. The number of hydrogen-bond acceptors (Lipinski definition) is 4. The van der Waals surface area contributed by atoms with E-state index in [1.54, 1.807) is 24.3 Å². The molecule has 3 rings (SSSR count). The fourth-order valence-electron chi connectivity index (χ4n) is 2.53. The van der Waals surface area contributed by atoms with Gasteiger partial charge in [-0.05, 0) is 80.3 Å². The smallest absolute Gasteiger partial charge is 0.365 e. The van der Waals surface area contributed by atoms with Gasteiger partial charge in [-0.2, -0.15) is 0 Å². The molecule has 0 bridgehead atoms. The van der Waals surface area contributed by atoms with Crippen molar-refractivity contribution in [2.24, 2.45) is 5.16 Å². The molecule has 1 heterocycles. The molecule has 124 valence electrons. The maximum atomic E-state index is 11.9. The third-order valence-electron chi connectivity index (χ3n) is 3.88. The first kappa shape index (κ1) is 16.5. The van der Waals surface area contributed by atoms with Crippen molar-refractivity contribution >= 4 is 23.8 Å². The van der Waals surface area contributed by atoms with Gasteiger partial charge in [-0.25, -0.2) is 4.79 Å². The number of halogens is 1. The lowest BCUT2D eigenvalue weighted by Crippen LogP contribution is -2.32. The molecule has 5 heteroatoms. The van der Waals surface area contributed by atoms with Gasteiger partial charge in [-0.3, -0.25) is 0 Å². The van der Waals surface area contributed by atoms with Crippen molar-refractivity contribution in [3.05, 3.63) is 64.2 Å². The van der Waals surface area contributed by atoms with E-state index in [-0.39, 0.29) is 5.60 Å². The Morgan fingerprint density at radius 3 is 2.75 bits per heavy atom. The molecule has 0 saturated heterocycles. The molecule has 4 nitrogen and oxygen atoms in total. The Labute approximate surface area is 146 Å². The highest BCUT2D eigenvalue weighted by atomic mass is 35.5. The number of hydrogen-bond donors (Lipinski definition) is 0. The second kappa shape index (κ2) is 6.65. The minimum Gasteiger partial charge on any atom is -0.488 e. The van der Waals surface area contributed by atoms with Crippen LogP contribution < -0.4 is 4.74 Å². The molecule has 0 radical (unpaired) electrons. The highest BCUT2D eigenvalue weighted by Crippen LogP contribution is 2.33. The summed E-state index contributed by atoms with van der Waals surface area (Å²) >= 11 is 5.78. The van der Waals surface area contributed by atoms with Crippen molar-refractivity contribution in [1.82, 2.24) is 0 Å². The quantitative estimate of drug-likeness (QED) is 0.463. The molecule has 0 spiro atoms. The van der Waals surface area contributed by atoms with Gasteiger partial charge in [-0.15, -0.1) is 0 Å². The van der Waals surface area contributed by atoms with E-state index < -0.39 is 5.97 Å². The van der Waals surface area contributed by atoms with Crippen LogP contribution in [-0.2, 0) is 11.3 Å². The predicted molar refractivity (Wildman–Crippen MR) is 93.9 cm³/mol. The normalized spacial score (nSPS) is 15.6. The van der Waals surface area contributed by atoms with Crippen molar-refractivity contribution in [2.45, 2.75) is 32.3 Å². The monoisotopic (exact) mass is 343 g/mol. The van der Waals surface area contributed by atoms with Crippen LogP contribution in [0, 0.1) is 0 Å². The third kappa shape index (κ3) is 3.95. The fourth-order valence-corrected chi connectivity index (χ4v) is 2.66. The Hall–Kier alpha value is -2.33. The minimum absolute atomic E-state index is 0.128. The third-order valence-corrected chi connectivity index (χ3v) is 4.14. The van der Waals surface area contributed by atoms with Crippen LogP contribution >= 0.6 is 11.6 Å². The number of carbonyl (C=O) groups excluding carboxylic acids is 1. The van der Waals surface area contributed by atoms with E-state index in [9.17, 15) is 4.79 Å². The van der Waals surface area contributed by atoms with Crippen LogP contribution in [0.4, 0.5) is 0 Å². The summed E-state index contributed by atoms with van der Waals surface area (Å²) in [6.07, 6.45) is 3.44. The summed E-state index contributed by atoms with van der Waals surface area (Å²) in [5.74, 6) is 0.382. The Bertz CT molecular complexity index is 782. The largest absolute Gasteiger partial charge is 0.488 e. The molecule has 0 fully saturated rings. The summed E-state index contributed by atoms with van der Waals surface area (Å²) in [5.41, 5.74) is 2.28. The zero-order chi connectivity index (χ0) is 17.2. The number of nitrogens with zero attached hydrogens (tertiary/aromatic N) is 1. The average molecular weight is 344 g/mol. The number of rotatable bonds is 3. The second-order valence-electron chi connectivity index (χ2n) is 6.35. The lowest BCUT2D eigenvalue weighted by atomic mass is 9.93. The predicted octanol–water partition coefficient (Wildman–Crippen LogP) is 4.63. The van der Waals surface area contributed by atoms with Crippen LogP contribution in [0.15, 0.2) is 47.6 Å². The molecule has 2 aromatic rings. The molecule has 0 aliphatic carbocycles. The first-order valence-corrected chi connectivity index (χ1v) is 8.13. The van der Waals surface area contributed by atoms with Crippen molar-refractivity contribution < 1.29 is 14.4 Å². The van der Waals surface area contributed by atoms with Gasteiger partial charge in [0.05, 0.1) is 11.8 Å². The number of ether oxygens (including phenoxy) is 1. The maximum Gasteiger partial charge on any atom is 0.365 e. The van der Waals surface area contributed by atoms with Crippen LogP contribution in [0.2, 0.25) is 5.02 Å². The van der Waals surface area contributed by atoms with Gasteiger partial charge in [0.25, 0.3) is 0 Å². The van der Waals surface area contributed by atoms with E-state index in [0.29, 0.717) is 10.6 Å². The molecule has 0 unspecified atom stereocenters. The average Bonchev–Trinajstić information content (AvgIpc) is 2.55. The van der Waals surface area contributed by atoms with Gasteiger partial charge in [0, 0.05) is 5.02 Å². The van der Waals surface area contributed by atoms with Crippen LogP contribution in [0.25, 0.3) is 0 Å². The van der Waals surface area contributed by atoms with Crippen molar-refractivity contribution in [1.29, 1.82) is 0 Å². The standard InChI is InChI=1S/C19H18ClNO3/c1-19(2)10-9-15-11-13(3-8-17(15)23-19)12-21-24-18(22)14-4-6-16(20)7-5-14/h3-8,11-12H,9-10H2,1-2H3. The van der Waals surface area contributed by atoms with Crippen LogP contribution in [0.5, 0.6) is 5.75 Å². The van der Waals surface area contributed by atoms with Gasteiger partial charge in [0.1, 0.15) is 11.4 Å². The molecule has 2 aromatic carbocycles. The van der Waals surface area contributed by atoms with Crippen LogP contribution in [0.3, 0.4) is 0 Å². The number of benzene rings is 2. The SMILES string of the molecule is CC1(C)CCc2cc(C=NOC(=O)c3ccc(Cl)cc3)ccc2O1. The van der Waals surface area contributed by atoms with E-state index in [1.165, 1.54) is 6.21 Å². The molecule has 0 saturated carbocycles.